The Hall–Kier alpha value is -1.72. The Morgan fingerprint density at radius 3 is 2.58 bits per heavy atom. The molecule has 7 nitrogen and oxygen atoms in total. The number of rotatable bonds is 7. The number of carbonyl (C=O) groups is 1. The fraction of sp³-hybridized carbons (Fsp3) is 0.500. The van der Waals surface area contributed by atoms with Gasteiger partial charge in [-0.3, -0.25) is 9.69 Å². The summed E-state index contributed by atoms with van der Waals surface area (Å²) in [6.07, 6.45) is 3.97. The smallest absolute Gasteiger partial charge is 0.243 e. The zero-order valence-corrected chi connectivity index (χ0v) is 21.7. The number of likely N-dealkylation sites (N-methyl/N-ethyl adjacent to an activating group) is 1. The van der Waals surface area contributed by atoms with Crippen LogP contribution in [0.2, 0.25) is 0 Å². The van der Waals surface area contributed by atoms with Crippen LogP contribution in [0.1, 0.15) is 28.3 Å². The molecule has 1 aromatic carbocycles. The molecule has 1 aromatic heterocycles. The summed E-state index contributed by atoms with van der Waals surface area (Å²) in [7, 11) is 3.50. The summed E-state index contributed by atoms with van der Waals surface area (Å²) < 4.78 is 0. The zero-order chi connectivity index (χ0) is 21.3. The molecule has 0 atom stereocenters. The predicted octanol–water partition coefficient (Wildman–Crippen LogP) is 2.86. The molecule has 1 aliphatic heterocycles. The van der Waals surface area contributed by atoms with Gasteiger partial charge >= 0.3 is 0 Å². The fourth-order valence-electron chi connectivity index (χ4n) is 3.35. The summed E-state index contributed by atoms with van der Waals surface area (Å²) >= 11 is 1.67. The normalized spacial score (nSPS) is 15.3. The van der Waals surface area contributed by atoms with E-state index in [-0.39, 0.29) is 36.4 Å². The lowest BCUT2D eigenvalue weighted by Gasteiger charge is -2.33. The van der Waals surface area contributed by atoms with Crippen LogP contribution in [0.15, 0.2) is 41.5 Å². The number of aliphatic imine (C=N–C) groups is 1. The summed E-state index contributed by atoms with van der Waals surface area (Å²) in [5.74, 6) is 0.665. The van der Waals surface area contributed by atoms with Gasteiger partial charge in [0.05, 0.1) is 6.54 Å². The number of guanidine groups is 1. The van der Waals surface area contributed by atoms with Gasteiger partial charge in [0.1, 0.15) is 11.6 Å². The molecule has 31 heavy (non-hydrogen) atoms. The SMILES string of the molecule is Cc1cnc(CNC(=NCC(=O)N(C)C)NC2CCN(Cc3ccccc3)CC2)s1.I. The number of likely N-dealkylation sites (tertiary alicyclic amines) is 1. The molecule has 0 radical (unpaired) electrons. The third-order valence-electron chi connectivity index (χ3n) is 5.12. The van der Waals surface area contributed by atoms with E-state index in [1.54, 1.807) is 30.3 Å². The minimum Gasteiger partial charge on any atom is -0.354 e. The lowest BCUT2D eigenvalue weighted by molar-refractivity contribution is -0.127. The van der Waals surface area contributed by atoms with Gasteiger partial charge in [-0.15, -0.1) is 35.3 Å². The lowest BCUT2D eigenvalue weighted by atomic mass is 10.0. The fourth-order valence-corrected chi connectivity index (χ4v) is 4.08. The van der Waals surface area contributed by atoms with Crippen LogP contribution in [-0.2, 0) is 17.9 Å². The number of thiazole rings is 1. The van der Waals surface area contributed by atoms with Crippen molar-refractivity contribution in [3.63, 3.8) is 0 Å². The Kier molecular flexibility index (Phi) is 10.7. The molecule has 1 saturated heterocycles. The van der Waals surface area contributed by atoms with Crippen LogP contribution in [0.3, 0.4) is 0 Å². The number of hydrogen-bond acceptors (Lipinski definition) is 5. The molecule has 0 unspecified atom stereocenters. The number of benzene rings is 1. The molecule has 1 aliphatic rings. The first kappa shape index (κ1) is 25.5. The number of halogens is 1. The van der Waals surface area contributed by atoms with Crippen LogP contribution in [0, 0.1) is 6.92 Å². The summed E-state index contributed by atoms with van der Waals surface area (Å²) in [4.78, 5) is 26.1. The van der Waals surface area contributed by atoms with E-state index < -0.39 is 0 Å². The second-order valence-electron chi connectivity index (χ2n) is 7.85. The van der Waals surface area contributed by atoms with Crippen molar-refractivity contribution in [3.05, 3.63) is 52.0 Å². The first-order chi connectivity index (χ1) is 14.5. The van der Waals surface area contributed by atoms with Crippen LogP contribution in [0.5, 0.6) is 0 Å². The van der Waals surface area contributed by atoms with Crippen molar-refractivity contribution < 1.29 is 4.79 Å². The molecular weight excluding hydrogens is 523 g/mol. The van der Waals surface area contributed by atoms with Gasteiger partial charge in [0.25, 0.3) is 0 Å². The van der Waals surface area contributed by atoms with E-state index in [9.17, 15) is 4.79 Å². The number of piperidine rings is 1. The van der Waals surface area contributed by atoms with Crippen molar-refractivity contribution in [2.45, 2.75) is 38.9 Å². The van der Waals surface area contributed by atoms with Gasteiger partial charge in [0.2, 0.25) is 5.91 Å². The molecule has 3 rings (SSSR count). The van der Waals surface area contributed by atoms with Crippen LogP contribution in [-0.4, -0.2) is 66.4 Å². The van der Waals surface area contributed by atoms with Crippen LogP contribution >= 0.6 is 35.3 Å². The maximum atomic E-state index is 12.0. The van der Waals surface area contributed by atoms with E-state index in [1.165, 1.54) is 10.4 Å². The molecule has 1 fully saturated rings. The molecule has 0 aliphatic carbocycles. The monoisotopic (exact) mass is 556 g/mol. The van der Waals surface area contributed by atoms with Gasteiger partial charge in [0.15, 0.2) is 5.96 Å². The summed E-state index contributed by atoms with van der Waals surface area (Å²) in [5, 5.41) is 7.89. The largest absolute Gasteiger partial charge is 0.354 e. The Labute approximate surface area is 206 Å². The van der Waals surface area contributed by atoms with E-state index in [2.05, 4.69) is 55.8 Å². The summed E-state index contributed by atoms with van der Waals surface area (Å²) in [5.41, 5.74) is 1.36. The lowest BCUT2D eigenvalue weighted by Crippen LogP contribution is -2.48. The number of aryl methyl sites for hydroxylation is 1. The second kappa shape index (κ2) is 13.0. The predicted molar refractivity (Wildman–Crippen MR) is 138 cm³/mol. The van der Waals surface area contributed by atoms with Crippen molar-refractivity contribution in [2.75, 3.05) is 33.7 Å². The van der Waals surface area contributed by atoms with Gasteiger partial charge in [-0.05, 0) is 25.3 Å². The number of hydrogen-bond donors (Lipinski definition) is 2. The van der Waals surface area contributed by atoms with Crippen LogP contribution < -0.4 is 10.6 Å². The van der Waals surface area contributed by atoms with E-state index in [0.717, 1.165) is 37.5 Å². The maximum Gasteiger partial charge on any atom is 0.243 e. The standard InChI is InChI=1S/C22H32N6OS.HI/c1-17-13-23-20(30-17)14-24-22(25-15-21(29)27(2)3)26-19-9-11-28(12-10-19)16-18-7-5-4-6-8-18;/h4-8,13,19H,9-12,14-16H2,1-3H3,(H2,24,25,26);1H. The first-order valence-corrected chi connectivity index (χ1v) is 11.2. The highest BCUT2D eigenvalue weighted by Crippen LogP contribution is 2.14. The van der Waals surface area contributed by atoms with E-state index in [1.807, 2.05) is 13.1 Å². The Balaban J connectivity index is 0.00000341. The molecular formula is C22H33IN6OS. The van der Waals surface area contributed by atoms with Crippen molar-refractivity contribution in [3.8, 4) is 0 Å². The van der Waals surface area contributed by atoms with Gasteiger partial charge < -0.3 is 15.5 Å². The Morgan fingerprint density at radius 1 is 1.26 bits per heavy atom. The number of nitrogens with one attached hydrogen (secondary N) is 2. The van der Waals surface area contributed by atoms with Gasteiger partial charge in [0, 0.05) is 50.8 Å². The zero-order valence-electron chi connectivity index (χ0n) is 18.5. The first-order valence-electron chi connectivity index (χ1n) is 10.4. The van der Waals surface area contributed by atoms with Crippen molar-refractivity contribution in [2.24, 2.45) is 4.99 Å². The highest BCUT2D eigenvalue weighted by Gasteiger charge is 2.20. The number of carbonyl (C=O) groups excluding carboxylic acids is 1. The number of amides is 1. The molecule has 2 heterocycles. The van der Waals surface area contributed by atoms with E-state index >= 15 is 0 Å². The highest BCUT2D eigenvalue weighted by molar-refractivity contribution is 14.0. The van der Waals surface area contributed by atoms with Gasteiger partial charge in [-0.25, -0.2) is 9.98 Å². The van der Waals surface area contributed by atoms with Gasteiger partial charge in [-0.1, -0.05) is 30.3 Å². The molecule has 2 N–H and O–H groups in total. The van der Waals surface area contributed by atoms with Crippen LogP contribution in [0.25, 0.3) is 0 Å². The van der Waals surface area contributed by atoms with E-state index in [4.69, 9.17) is 0 Å². The second-order valence-corrected chi connectivity index (χ2v) is 9.17. The average Bonchev–Trinajstić information content (AvgIpc) is 3.17. The molecule has 9 heteroatoms. The maximum absolute atomic E-state index is 12.0. The third-order valence-corrected chi connectivity index (χ3v) is 6.04. The minimum atomic E-state index is -0.0149. The molecule has 0 bridgehead atoms. The Morgan fingerprint density at radius 2 is 1.97 bits per heavy atom. The summed E-state index contributed by atoms with van der Waals surface area (Å²) in [6, 6.07) is 11.0. The topological polar surface area (TPSA) is 72.9 Å². The Bertz CT molecular complexity index is 834. The quantitative estimate of drug-likeness (QED) is 0.312. The molecule has 0 spiro atoms. The summed E-state index contributed by atoms with van der Waals surface area (Å²) in [6.45, 7) is 5.87. The molecule has 0 saturated carbocycles. The van der Waals surface area contributed by atoms with E-state index in [0.29, 0.717) is 18.5 Å². The minimum absolute atomic E-state index is 0. The number of aromatic nitrogens is 1. The average molecular weight is 557 g/mol. The molecule has 2 aromatic rings. The third kappa shape index (κ3) is 8.74. The van der Waals surface area contributed by atoms with Crippen LogP contribution in [0.4, 0.5) is 0 Å². The van der Waals surface area contributed by atoms with Crippen molar-refractivity contribution in [1.82, 2.24) is 25.4 Å². The van der Waals surface area contributed by atoms with Crippen molar-refractivity contribution in [1.29, 1.82) is 0 Å². The van der Waals surface area contributed by atoms with Gasteiger partial charge in [-0.2, -0.15) is 0 Å². The highest BCUT2D eigenvalue weighted by atomic mass is 127. The molecule has 1 amide bonds. The number of nitrogens with zero attached hydrogens (tertiary/aromatic N) is 4. The van der Waals surface area contributed by atoms with Crippen molar-refractivity contribution >= 4 is 47.2 Å². The molecule has 170 valence electrons.